The van der Waals surface area contributed by atoms with Gasteiger partial charge in [0.2, 0.25) is 0 Å². The summed E-state index contributed by atoms with van der Waals surface area (Å²) in [6.45, 7) is 7.24. The highest BCUT2D eigenvalue weighted by Gasteiger charge is 2.16. The van der Waals surface area contributed by atoms with Crippen molar-refractivity contribution in [3.63, 3.8) is 0 Å². The molecule has 0 fully saturated rings. The lowest BCUT2D eigenvalue weighted by molar-refractivity contribution is 0.0636. The molecule has 0 bridgehead atoms. The highest BCUT2D eigenvalue weighted by Crippen LogP contribution is 2.20. The zero-order valence-electron chi connectivity index (χ0n) is 14.1. The second kappa shape index (κ2) is 7.05. The van der Waals surface area contributed by atoms with E-state index in [4.69, 9.17) is 16.3 Å². The second-order valence-electron chi connectivity index (χ2n) is 6.50. The molecule has 0 heterocycles. The van der Waals surface area contributed by atoms with Gasteiger partial charge in [-0.3, -0.25) is 10.1 Å². The smallest absolute Gasteiger partial charge is 0.412 e. The molecule has 0 saturated heterocycles. The number of hydrogen-bond acceptors (Lipinski definition) is 3. The van der Waals surface area contributed by atoms with Crippen LogP contribution < -0.4 is 5.32 Å². The first-order chi connectivity index (χ1) is 11.2. The van der Waals surface area contributed by atoms with Crippen LogP contribution in [0.15, 0.2) is 42.5 Å². The van der Waals surface area contributed by atoms with E-state index in [0.29, 0.717) is 21.8 Å². The van der Waals surface area contributed by atoms with Crippen LogP contribution in [-0.2, 0) is 4.74 Å². The number of ketones is 1. The predicted octanol–water partition coefficient (Wildman–Crippen LogP) is 5.23. The fourth-order valence-electron chi connectivity index (χ4n) is 2.08. The molecule has 5 heteroatoms. The molecule has 126 valence electrons. The summed E-state index contributed by atoms with van der Waals surface area (Å²) in [5.41, 5.74) is 1.96. The number of aryl methyl sites for hydroxylation is 1. The Morgan fingerprint density at radius 2 is 1.58 bits per heavy atom. The summed E-state index contributed by atoms with van der Waals surface area (Å²) in [7, 11) is 0. The molecule has 0 aliphatic rings. The maximum Gasteiger partial charge on any atom is 0.412 e. The van der Waals surface area contributed by atoms with E-state index >= 15 is 0 Å². The molecular weight excluding hydrogens is 326 g/mol. The van der Waals surface area contributed by atoms with Gasteiger partial charge >= 0.3 is 6.09 Å². The van der Waals surface area contributed by atoms with E-state index in [-0.39, 0.29) is 5.78 Å². The number of ether oxygens (including phenoxy) is 1. The Morgan fingerprint density at radius 3 is 2.12 bits per heavy atom. The van der Waals surface area contributed by atoms with Crippen LogP contribution in [0.1, 0.15) is 42.3 Å². The van der Waals surface area contributed by atoms with Gasteiger partial charge in [0.15, 0.2) is 5.78 Å². The third kappa shape index (κ3) is 4.83. The molecule has 0 atom stereocenters. The molecule has 0 aliphatic carbocycles. The maximum absolute atomic E-state index is 12.5. The standard InChI is InChI=1S/C19H20ClNO3/c1-12-11-14(7-10-16(12)20)17(22)13-5-8-15(9-6-13)21-18(23)24-19(2,3)4/h5-11H,1-4H3,(H,21,23). The van der Waals surface area contributed by atoms with E-state index in [1.807, 2.05) is 6.92 Å². The number of hydrogen-bond donors (Lipinski definition) is 1. The highest BCUT2D eigenvalue weighted by molar-refractivity contribution is 6.31. The fraction of sp³-hybridized carbons (Fsp3) is 0.263. The number of anilines is 1. The Kier molecular flexibility index (Phi) is 5.30. The van der Waals surface area contributed by atoms with Crippen molar-refractivity contribution < 1.29 is 14.3 Å². The third-order valence-electron chi connectivity index (χ3n) is 3.21. The molecular formula is C19H20ClNO3. The molecule has 0 spiro atoms. The van der Waals surface area contributed by atoms with Crippen molar-refractivity contribution in [2.45, 2.75) is 33.3 Å². The minimum absolute atomic E-state index is 0.0985. The minimum atomic E-state index is -0.563. The van der Waals surface area contributed by atoms with Gasteiger partial charge in [-0.1, -0.05) is 11.6 Å². The van der Waals surface area contributed by atoms with Crippen LogP contribution in [0.3, 0.4) is 0 Å². The average Bonchev–Trinajstić information content (AvgIpc) is 2.48. The summed E-state index contributed by atoms with van der Waals surface area (Å²) < 4.78 is 5.18. The Hall–Kier alpha value is -2.33. The summed E-state index contributed by atoms with van der Waals surface area (Å²) in [5.74, 6) is -0.0985. The molecule has 24 heavy (non-hydrogen) atoms. The van der Waals surface area contributed by atoms with Crippen molar-refractivity contribution in [2.24, 2.45) is 0 Å². The SMILES string of the molecule is Cc1cc(C(=O)c2ccc(NC(=O)OC(C)(C)C)cc2)ccc1Cl. The molecule has 2 aromatic carbocycles. The van der Waals surface area contributed by atoms with Crippen molar-refractivity contribution in [1.82, 2.24) is 0 Å². The van der Waals surface area contributed by atoms with Gasteiger partial charge in [-0.05, 0) is 75.7 Å². The van der Waals surface area contributed by atoms with E-state index in [2.05, 4.69) is 5.32 Å². The lowest BCUT2D eigenvalue weighted by atomic mass is 10.0. The lowest BCUT2D eigenvalue weighted by Crippen LogP contribution is -2.27. The van der Waals surface area contributed by atoms with Gasteiger partial charge in [0.25, 0.3) is 0 Å². The van der Waals surface area contributed by atoms with Crippen molar-refractivity contribution in [2.75, 3.05) is 5.32 Å². The average molecular weight is 346 g/mol. The largest absolute Gasteiger partial charge is 0.444 e. The molecule has 1 amide bonds. The molecule has 2 rings (SSSR count). The predicted molar refractivity (Wildman–Crippen MR) is 95.9 cm³/mol. The van der Waals surface area contributed by atoms with E-state index in [1.165, 1.54) is 0 Å². The number of carbonyl (C=O) groups is 2. The number of carbonyl (C=O) groups excluding carboxylic acids is 2. The van der Waals surface area contributed by atoms with Gasteiger partial charge in [0.05, 0.1) is 0 Å². The molecule has 0 aromatic heterocycles. The zero-order chi connectivity index (χ0) is 17.9. The first kappa shape index (κ1) is 18.0. The van der Waals surface area contributed by atoms with Crippen LogP contribution in [0.2, 0.25) is 5.02 Å². The zero-order valence-corrected chi connectivity index (χ0v) is 14.9. The Bertz CT molecular complexity index is 761. The maximum atomic E-state index is 12.5. The highest BCUT2D eigenvalue weighted by atomic mass is 35.5. The van der Waals surface area contributed by atoms with Gasteiger partial charge in [-0.15, -0.1) is 0 Å². The first-order valence-electron chi connectivity index (χ1n) is 7.56. The van der Waals surface area contributed by atoms with Gasteiger partial charge in [-0.25, -0.2) is 4.79 Å². The van der Waals surface area contributed by atoms with Crippen molar-refractivity contribution in [3.8, 4) is 0 Å². The van der Waals surface area contributed by atoms with Gasteiger partial charge in [0, 0.05) is 21.8 Å². The number of benzene rings is 2. The quantitative estimate of drug-likeness (QED) is 0.775. The van der Waals surface area contributed by atoms with Crippen LogP contribution >= 0.6 is 11.6 Å². The van der Waals surface area contributed by atoms with Crippen molar-refractivity contribution >= 4 is 29.2 Å². The summed E-state index contributed by atoms with van der Waals surface area (Å²) in [5, 5.41) is 3.26. The van der Waals surface area contributed by atoms with Crippen LogP contribution in [0.4, 0.5) is 10.5 Å². The van der Waals surface area contributed by atoms with E-state index in [1.54, 1.807) is 63.2 Å². The molecule has 0 aliphatic heterocycles. The Labute approximate surface area is 146 Å². The van der Waals surface area contributed by atoms with Crippen molar-refractivity contribution in [1.29, 1.82) is 0 Å². The number of halogens is 1. The molecule has 0 unspecified atom stereocenters. The number of amides is 1. The summed E-state index contributed by atoms with van der Waals surface area (Å²) >= 11 is 5.98. The van der Waals surface area contributed by atoms with Crippen LogP contribution in [0, 0.1) is 6.92 Å². The van der Waals surface area contributed by atoms with Gasteiger partial charge in [0.1, 0.15) is 5.60 Å². The summed E-state index contributed by atoms with van der Waals surface area (Å²) in [4.78, 5) is 24.2. The third-order valence-corrected chi connectivity index (χ3v) is 3.64. The minimum Gasteiger partial charge on any atom is -0.444 e. The molecule has 0 radical (unpaired) electrons. The monoisotopic (exact) mass is 345 g/mol. The van der Waals surface area contributed by atoms with E-state index in [9.17, 15) is 9.59 Å². The van der Waals surface area contributed by atoms with Gasteiger partial charge < -0.3 is 4.74 Å². The van der Waals surface area contributed by atoms with Crippen LogP contribution in [0.5, 0.6) is 0 Å². The molecule has 4 nitrogen and oxygen atoms in total. The fourth-order valence-corrected chi connectivity index (χ4v) is 2.20. The number of nitrogens with one attached hydrogen (secondary N) is 1. The summed E-state index contributed by atoms with van der Waals surface area (Å²) in [6.07, 6.45) is -0.532. The normalized spacial score (nSPS) is 11.0. The first-order valence-corrected chi connectivity index (χ1v) is 7.94. The Morgan fingerprint density at radius 1 is 1.00 bits per heavy atom. The lowest BCUT2D eigenvalue weighted by Gasteiger charge is -2.19. The van der Waals surface area contributed by atoms with E-state index in [0.717, 1.165) is 5.56 Å². The molecule has 0 saturated carbocycles. The molecule has 2 aromatic rings. The van der Waals surface area contributed by atoms with Crippen LogP contribution in [0.25, 0.3) is 0 Å². The van der Waals surface area contributed by atoms with Crippen molar-refractivity contribution in [3.05, 3.63) is 64.2 Å². The number of rotatable bonds is 3. The second-order valence-corrected chi connectivity index (χ2v) is 6.90. The topological polar surface area (TPSA) is 55.4 Å². The summed E-state index contributed by atoms with van der Waals surface area (Å²) in [6, 6.07) is 11.8. The Balaban J connectivity index is 2.10. The van der Waals surface area contributed by atoms with E-state index < -0.39 is 11.7 Å². The van der Waals surface area contributed by atoms with Crippen LogP contribution in [-0.4, -0.2) is 17.5 Å². The molecule has 1 N–H and O–H groups in total. The van der Waals surface area contributed by atoms with Gasteiger partial charge in [-0.2, -0.15) is 0 Å².